The van der Waals surface area contributed by atoms with Gasteiger partial charge in [-0.3, -0.25) is 9.63 Å². The van der Waals surface area contributed by atoms with Crippen LogP contribution in [0.2, 0.25) is 0 Å². The van der Waals surface area contributed by atoms with Crippen molar-refractivity contribution in [2.24, 2.45) is 5.92 Å². The molecule has 4 nitrogen and oxygen atoms in total. The molecule has 80 valence electrons. The number of hydrogen-bond donors (Lipinski definition) is 1. The monoisotopic (exact) mass is 198 g/mol. The smallest absolute Gasteiger partial charge is 0.220 e. The van der Waals surface area contributed by atoms with E-state index < -0.39 is 0 Å². The van der Waals surface area contributed by atoms with Crippen LogP contribution in [0.15, 0.2) is 0 Å². The van der Waals surface area contributed by atoms with Gasteiger partial charge in [-0.05, 0) is 25.2 Å². The number of hydroxylamine groups is 2. The zero-order chi connectivity index (χ0) is 9.80. The molecule has 1 unspecified atom stereocenters. The Labute approximate surface area is 84.6 Å². The Balaban J connectivity index is 1.63. The number of rotatable bonds is 3. The van der Waals surface area contributed by atoms with E-state index in [9.17, 15) is 4.79 Å². The minimum atomic E-state index is 0.203. The predicted octanol–water partition coefficient (Wildman–Crippen LogP) is 0.540. The minimum Gasteiger partial charge on any atom is -0.356 e. The highest BCUT2D eigenvalue weighted by Crippen LogP contribution is 2.15. The lowest BCUT2D eigenvalue weighted by Gasteiger charge is -2.26. The van der Waals surface area contributed by atoms with Crippen LogP contribution in [0, 0.1) is 5.92 Å². The normalized spacial score (nSPS) is 29.1. The van der Waals surface area contributed by atoms with E-state index in [4.69, 9.17) is 4.84 Å². The van der Waals surface area contributed by atoms with Gasteiger partial charge in [0.1, 0.15) is 0 Å². The van der Waals surface area contributed by atoms with Crippen LogP contribution in [0.3, 0.4) is 0 Å². The van der Waals surface area contributed by atoms with Gasteiger partial charge in [-0.15, -0.1) is 0 Å². The van der Waals surface area contributed by atoms with E-state index in [0.29, 0.717) is 12.3 Å². The third-order valence-corrected chi connectivity index (χ3v) is 2.92. The second-order valence-electron chi connectivity index (χ2n) is 4.13. The summed E-state index contributed by atoms with van der Waals surface area (Å²) >= 11 is 0. The van der Waals surface area contributed by atoms with E-state index in [2.05, 4.69) is 5.32 Å². The molecule has 0 aromatic carbocycles. The lowest BCUT2D eigenvalue weighted by molar-refractivity contribution is -0.181. The average molecular weight is 198 g/mol. The summed E-state index contributed by atoms with van der Waals surface area (Å²) in [5.41, 5.74) is 0. The first-order chi connectivity index (χ1) is 6.84. The van der Waals surface area contributed by atoms with Gasteiger partial charge >= 0.3 is 0 Å². The summed E-state index contributed by atoms with van der Waals surface area (Å²) in [4.78, 5) is 16.4. The van der Waals surface area contributed by atoms with Crippen molar-refractivity contribution in [1.29, 1.82) is 0 Å². The SMILES string of the molecule is O=C1CC(CCN2CCCCO2)CN1. The van der Waals surface area contributed by atoms with Crippen LogP contribution in [-0.4, -0.2) is 37.2 Å². The fourth-order valence-electron chi connectivity index (χ4n) is 2.02. The second kappa shape index (κ2) is 4.75. The van der Waals surface area contributed by atoms with Crippen molar-refractivity contribution in [1.82, 2.24) is 10.4 Å². The predicted molar refractivity (Wildman–Crippen MR) is 52.5 cm³/mol. The Morgan fingerprint density at radius 2 is 2.43 bits per heavy atom. The number of nitrogens with zero attached hydrogens (tertiary/aromatic N) is 1. The molecule has 2 rings (SSSR count). The van der Waals surface area contributed by atoms with Gasteiger partial charge in [-0.25, -0.2) is 0 Å². The number of carbonyl (C=O) groups excluding carboxylic acids is 1. The second-order valence-corrected chi connectivity index (χ2v) is 4.13. The molecule has 1 amide bonds. The fraction of sp³-hybridized carbons (Fsp3) is 0.900. The van der Waals surface area contributed by atoms with E-state index in [1.54, 1.807) is 0 Å². The summed E-state index contributed by atoms with van der Waals surface area (Å²) in [6.07, 6.45) is 4.19. The maximum absolute atomic E-state index is 10.9. The van der Waals surface area contributed by atoms with E-state index in [1.165, 1.54) is 12.8 Å². The number of amides is 1. The minimum absolute atomic E-state index is 0.203. The van der Waals surface area contributed by atoms with E-state index in [-0.39, 0.29) is 5.91 Å². The first-order valence-corrected chi connectivity index (χ1v) is 5.49. The molecule has 2 saturated heterocycles. The number of carbonyl (C=O) groups is 1. The molecule has 4 heteroatoms. The maximum Gasteiger partial charge on any atom is 0.220 e. The molecule has 1 atom stereocenters. The summed E-state index contributed by atoms with van der Waals surface area (Å²) in [6.45, 7) is 3.74. The quantitative estimate of drug-likeness (QED) is 0.719. The summed E-state index contributed by atoms with van der Waals surface area (Å²) in [7, 11) is 0. The molecule has 2 aliphatic heterocycles. The van der Waals surface area contributed by atoms with Gasteiger partial charge in [0.25, 0.3) is 0 Å². The molecule has 0 aliphatic carbocycles. The molecule has 0 aromatic rings. The van der Waals surface area contributed by atoms with E-state index in [1.807, 2.05) is 5.06 Å². The molecule has 0 spiro atoms. The Morgan fingerprint density at radius 1 is 1.50 bits per heavy atom. The summed E-state index contributed by atoms with van der Waals surface area (Å²) in [5, 5.41) is 4.91. The van der Waals surface area contributed by atoms with Crippen molar-refractivity contribution in [2.45, 2.75) is 25.7 Å². The van der Waals surface area contributed by atoms with Crippen molar-refractivity contribution < 1.29 is 9.63 Å². The summed E-state index contributed by atoms with van der Waals surface area (Å²) in [6, 6.07) is 0. The van der Waals surface area contributed by atoms with Crippen molar-refractivity contribution >= 4 is 5.91 Å². The van der Waals surface area contributed by atoms with Gasteiger partial charge in [-0.2, -0.15) is 5.06 Å². The van der Waals surface area contributed by atoms with Crippen LogP contribution in [0.25, 0.3) is 0 Å². The van der Waals surface area contributed by atoms with Gasteiger partial charge < -0.3 is 5.32 Å². The van der Waals surface area contributed by atoms with E-state index in [0.717, 1.165) is 32.7 Å². The largest absolute Gasteiger partial charge is 0.356 e. The molecular formula is C10H18N2O2. The topological polar surface area (TPSA) is 41.6 Å². The highest BCUT2D eigenvalue weighted by Gasteiger charge is 2.22. The Kier molecular flexibility index (Phi) is 3.37. The molecule has 0 aromatic heterocycles. The molecule has 2 heterocycles. The number of nitrogens with one attached hydrogen (secondary N) is 1. The fourth-order valence-corrected chi connectivity index (χ4v) is 2.02. The van der Waals surface area contributed by atoms with Crippen LogP contribution in [0.1, 0.15) is 25.7 Å². The van der Waals surface area contributed by atoms with Crippen molar-refractivity contribution in [2.75, 3.05) is 26.2 Å². The van der Waals surface area contributed by atoms with Crippen LogP contribution in [0.4, 0.5) is 0 Å². The first-order valence-electron chi connectivity index (χ1n) is 5.49. The number of hydrogen-bond acceptors (Lipinski definition) is 3. The van der Waals surface area contributed by atoms with Crippen LogP contribution in [0.5, 0.6) is 0 Å². The highest BCUT2D eigenvalue weighted by molar-refractivity contribution is 5.78. The molecule has 0 saturated carbocycles. The third kappa shape index (κ3) is 2.69. The Bertz CT molecular complexity index is 202. The van der Waals surface area contributed by atoms with Crippen LogP contribution in [-0.2, 0) is 9.63 Å². The summed E-state index contributed by atoms with van der Waals surface area (Å²) < 4.78 is 0. The zero-order valence-corrected chi connectivity index (χ0v) is 8.50. The Morgan fingerprint density at radius 3 is 3.07 bits per heavy atom. The van der Waals surface area contributed by atoms with Gasteiger partial charge in [0.2, 0.25) is 5.91 Å². The zero-order valence-electron chi connectivity index (χ0n) is 8.50. The molecule has 1 N–H and O–H groups in total. The summed E-state index contributed by atoms with van der Waals surface area (Å²) in [5.74, 6) is 0.725. The maximum atomic E-state index is 10.9. The lowest BCUT2D eigenvalue weighted by Crippen LogP contribution is -2.32. The molecular weight excluding hydrogens is 180 g/mol. The lowest BCUT2D eigenvalue weighted by atomic mass is 10.0. The third-order valence-electron chi connectivity index (χ3n) is 2.92. The van der Waals surface area contributed by atoms with Gasteiger partial charge in [-0.1, -0.05) is 0 Å². The van der Waals surface area contributed by atoms with Gasteiger partial charge in [0.15, 0.2) is 0 Å². The molecule has 2 aliphatic rings. The molecule has 14 heavy (non-hydrogen) atoms. The average Bonchev–Trinajstić information content (AvgIpc) is 2.63. The first kappa shape index (κ1) is 9.93. The Hall–Kier alpha value is -0.610. The molecule has 0 bridgehead atoms. The molecule has 0 radical (unpaired) electrons. The van der Waals surface area contributed by atoms with Crippen LogP contribution < -0.4 is 5.32 Å². The van der Waals surface area contributed by atoms with Crippen molar-refractivity contribution in [3.8, 4) is 0 Å². The van der Waals surface area contributed by atoms with Crippen molar-refractivity contribution in [3.05, 3.63) is 0 Å². The highest BCUT2D eigenvalue weighted by atomic mass is 16.7. The van der Waals surface area contributed by atoms with E-state index >= 15 is 0 Å². The standard InChI is InChI=1S/C10H18N2O2/c13-10-7-9(8-11-10)3-5-12-4-1-2-6-14-12/h9H,1-8H2,(H,11,13). The van der Waals surface area contributed by atoms with Gasteiger partial charge in [0, 0.05) is 26.1 Å². The molecule has 2 fully saturated rings. The van der Waals surface area contributed by atoms with Crippen LogP contribution >= 0.6 is 0 Å². The van der Waals surface area contributed by atoms with Gasteiger partial charge in [0.05, 0.1) is 6.61 Å². The van der Waals surface area contributed by atoms with Crippen molar-refractivity contribution in [3.63, 3.8) is 0 Å².